The van der Waals surface area contributed by atoms with Crippen molar-refractivity contribution in [3.8, 4) is 5.75 Å². The number of phenolic OH excluding ortho intramolecular Hbond substituents is 1. The van der Waals surface area contributed by atoms with Crippen molar-refractivity contribution in [2.45, 2.75) is 44.4 Å². The fourth-order valence-electron chi connectivity index (χ4n) is 6.68. The number of likely N-dealkylation sites (N-methyl/N-ethyl adjacent to an activating group) is 1. The van der Waals surface area contributed by atoms with Crippen molar-refractivity contribution in [3.63, 3.8) is 0 Å². The van der Waals surface area contributed by atoms with Gasteiger partial charge in [0.15, 0.2) is 11.4 Å². The van der Waals surface area contributed by atoms with E-state index in [0.29, 0.717) is 17.5 Å². The lowest BCUT2D eigenvalue weighted by atomic mass is 9.58. The minimum absolute atomic E-state index is 0.0125. The highest BCUT2D eigenvalue weighted by atomic mass is 16.3. The predicted octanol–water partition coefficient (Wildman–Crippen LogP) is 1.01. The molecule has 12 heteroatoms. The Hall–Kier alpha value is -4.55. The molecule has 5 rings (SSSR count). The number of phenols is 1. The zero-order chi connectivity index (χ0) is 30.7. The van der Waals surface area contributed by atoms with Gasteiger partial charge in [-0.3, -0.25) is 29.1 Å². The smallest absolute Gasteiger partial charge is 0.255 e. The Bertz CT molecular complexity index is 1600. The number of hydrogen-bond donors (Lipinski definition) is 6. The highest BCUT2D eigenvalue weighted by Crippen LogP contribution is 2.52. The molecule has 0 radical (unpaired) electrons. The molecule has 12 nitrogen and oxygen atoms in total. The van der Waals surface area contributed by atoms with E-state index in [9.17, 15) is 39.6 Å². The predicted molar refractivity (Wildman–Crippen MR) is 148 cm³/mol. The molecule has 0 saturated carbocycles. The summed E-state index contributed by atoms with van der Waals surface area (Å²) in [6, 6.07) is 3.86. The van der Waals surface area contributed by atoms with Gasteiger partial charge in [-0.15, -0.1) is 0 Å². The molecule has 2 amide bonds. The maximum Gasteiger partial charge on any atom is 0.255 e. The summed E-state index contributed by atoms with van der Waals surface area (Å²) in [5.74, 6) is -7.44. The molecule has 1 aromatic heterocycles. The molecule has 0 fully saturated rings. The lowest BCUT2D eigenvalue weighted by molar-refractivity contribution is -0.148. The number of nitrogens with two attached hydrogens (primary N) is 1. The fraction of sp³-hybridized carbons (Fsp3) is 0.367. The molecule has 42 heavy (non-hydrogen) atoms. The van der Waals surface area contributed by atoms with Crippen LogP contribution in [0.5, 0.6) is 5.75 Å². The summed E-state index contributed by atoms with van der Waals surface area (Å²) in [5.41, 5.74) is 3.40. The summed E-state index contributed by atoms with van der Waals surface area (Å²) in [6.45, 7) is 1.77. The van der Waals surface area contributed by atoms with Crippen LogP contribution in [-0.2, 0) is 29.0 Å². The van der Waals surface area contributed by atoms with E-state index in [2.05, 4.69) is 10.3 Å². The number of fused-ring (bicyclic) bond motifs is 3. The Morgan fingerprint density at radius 2 is 1.90 bits per heavy atom. The number of aromatic nitrogens is 1. The highest BCUT2D eigenvalue weighted by Gasteiger charge is 2.63. The van der Waals surface area contributed by atoms with Crippen LogP contribution in [0.3, 0.4) is 0 Å². The van der Waals surface area contributed by atoms with Gasteiger partial charge >= 0.3 is 0 Å². The van der Waals surface area contributed by atoms with Gasteiger partial charge in [0.1, 0.15) is 22.8 Å². The van der Waals surface area contributed by atoms with Crippen LogP contribution < -0.4 is 11.1 Å². The largest absolute Gasteiger partial charge is 0.510 e. The lowest BCUT2D eigenvalue weighted by Crippen LogP contribution is -2.63. The van der Waals surface area contributed by atoms with Crippen LogP contribution in [0, 0.1) is 11.8 Å². The van der Waals surface area contributed by atoms with Crippen molar-refractivity contribution in [2.75, 3.05) is 14.1 Å². The van der Waals surface area contributed by atoms with E-state index >= 15 is 0 Å². The zero-order valence-corrected chi connectivity index (χ0v) is 23.3. The van der Waals surface area contributed by atoms with Crippen molar-refractivity contribution in [1.29, 1.82) is 0 Å². The number of benzene rings is 1. The van der Waals surface area contributed by atoms with Gasteiger partial charge in [0.25, 0.3) is 11.8 Å². The molecular weight excluding hydrogens is 544 g/mol. The molecular formula is C30H32N4O8. The van der Waals surface area contributed by atoms with Crippen molar-refractivity contribution < 1.29 is 39.6 Å². The molecule has 220 valence electrons. The molecule has 0 spiro atoms. The van der Waals surface area contributed by atoms with E-state index in [1.165, 1.54) is 17.3 Å². The first-order valence-corrected chi connectivity index (χ1v) is 13.5. The molecule has 1 aromatic carbocycles. The van der Waals surface area contributed by atoms with E-state index in [0.717, 1.165) is 5.56 Å². The summed E-state index contributed by atoms with van der Waals surface area (Å²) in [7, 11) is 3.16. The number of pyridine rings is 1. The first kappa shape index (κ1) is 29.0. The third kappa shape index (κ3) is 4.17. The second kappa shape index (κ2) is 10.4. The number of aromatic hydroxyl groups is 1. The molecule has 0 saturated heterocycles. The van der Waals surface area contributed by atoms with Crippen LogP contribution in [-0.4, -0.2) is 79.4 Å². The van der Waals surface area contributed by atoms with Crippen molar-refractivity contribution in [2.24, 2.45) is 17.6 Å². The Balaban J connectivity index is 1.60. The number of carbonyl (C=O) groups is 4. The van der Waals surface area contributed by atoms with Gasteiger partial charge in [0, 0.05) is 36.0 Å². The van der Waals surface area contributed by atoms with Crippen LogP contribution >= 0.6 is 0 Å². The number of aliphatic hydroxyl groups excluding tert-OH is 2. The maximum atomic E-state index is 14.0. The summed E-state index contributed by atoms with van der Waals surface area (Å²) < 4.78 is 0. The van der Waals surface area contributed by atoms with Crippen LogP contribution in [0.15, 0.2) is 53.3 Å². The standard InChI is InChI=1S/C30H32N4O8/c1-4-13-8-16(12-33-29(41)14-6-5-7-32-11-14)23(35)20-17(13)9-15-10-18-22(34(2)3)25(37)21(28(31)40)27(39)30(18,42)26(38)19(15)24(20)36/h5-8,11,15,18,22,35,37-38,42H,4,9-10,12H2,1-3H3,(H2,31,40)(H,33,41)/t15?,18?,22-,30-/m0/s1. The van der Waals surface area contributed by atoms with Gasteiger partial charge < -0.3 is 31.5 Å². The monoisotopic (exact) mass is 576 g/mol. The summed E-state index contributed by atoms with van der Waals surface area (Å²) in [4.78, 5) is 57.6. The van der Waals surface area contributed by atoms with Gasteiger partial charge in [-0.05, 0) is 62.5 Å². The van der Waals surface area contributed by atoms with Crippen molar-refractivity contribution >= 4 is 23.4 Å². The minimum Gasteiger partial charge on any atom is -0.510 e. The molecule has 2 aromatic rings. The van der Waals surface area contributed by atoms with Crippen LogP contribution in [0.4, 0.5) is 0 Å². The molecule has 2 unspecified atom stereocenters. The van der Waals surface area contributed by atoms with Crippen LogP contribution in [0.2, 0.25) is 0 Å². The number of ketones is 2. The number of aryl methyl sites for hydroxylation is 1. The topological polar surface area (TPSA) is 203 Å². The second-order valence-corrected chi connectivity index (χ2v) is 11.1. The third-order valence-corrected chi connectivity index (χ3v) is 8.64. The lowest BCUT2D eigenvalue weighted by Gasteiger charge is -2.50. The fourth-order valence-corrected chi connectivity index (χ4v) is 6.68. The summed E-state index contributed by atoms with van der Waals surface area (Å²) in [5, 5.41) is 48.1. The molecule has 4 atom stereocenters. The maximum absolute atomic E-state index is 14.0. The van der Waals surface area contributed by atoms with Crippen LogP contribution in [0.1, 0.15) is 50.8 Å². The number of hydrogen-bond acceptors (Lipinski definition) is 10. The van der Waals surface area contributed by atoms with E-state index in [-0.39, 0.29) is 41.8 Å². The summed E-state index contributed by atoms with van der Waals surface area (Å²) in [6.07, 6.45) is 3.63. The first-order chi connectivity index (χ1) is 19.8. The summed E-state index contributed by atoms with van der Waals surface area (Å²) >= 11 is 0. The van der Waals surface area contributed by atoms with Gasteiger partial charge in [0.05, 0.1) is 17.2 Å². The number of allylic oxidation sites excluding steroid dienone is 1. The molecule has 0 aliphatic heterocycles. The van der Waals surface area contributed by atoms with E-state index in [4.69, 9.17) is 5.73 Å². The first-order valence-electron chi connectivity index (χ1n) is 13.5. The number of primary amides is 1. The number of amides is 2. The van der Waals surface area contributed by atoms with Crippen molar-refractivity contribution in [1.82, 2.24) is 15.2 Å². The SMILES string of the molecule is CCc1cc(CNC(=O)c2cccnc2)c(O)c2c1CC1CC3[C@H](N(C)C)C(O)=C(C(N)=O)C(=O)[C@@]3(O)C(O)=C1C2=O. The van der Waals surface area contributed by atoms with Gasteiger partial charge in [0.2, 0.25) is 5.78 Å². The Morgan fingerprint density at radius 1 is 1.19 bits per heavy atom. The number of nitrogens with one attached hydrogen (secondary N) is 1. The number of nitrogens with zero attached hydrogens (tertiary/aromatic N) is 2. The second-order valence-electron chi connectivity index (χ2n) is 11.1. The van der Waals surface area contributed by atoms with Gasteiger partial charge in [-0.1, -0.05) is 13.0 Å². The Kier molecular flexibility index (Phi) is 7.15. The molecule has 3 aliphatic carbocycles. The average molecular weight is 577 g/mol. The number of Topliss-reactive ketones (excluding diaryl/α,β-unsaturated/α-hetero) is 2. The van der Waals surface area contributed by atoms with Crippen LogP contribution in [0.25, 0.3) is 0 Å². The van der Waals surface area contributed by atoms with Gasteiger partial charge in [-0.2, -0.15) is 0 Å². The van der Waals surface area contributed by atoms with E-state index in [1.807, 2.05) is 6.92 Å². The number of aliphatic hydroxyl groups is 3. The Morgan fingerprint density at radius 3 is 2.50 bits per heavy atom. The third-order valence-electron chi connectivity index (χ3n) is 8.64. The van der Waals surface area contributed by atoms with Gasteiger partial charge in [-0.25, -0.2) is 0 Å². The zero-order valence-electron chi connectivity index (χ0n) is 23.3. The number of carbonyl (C=O) groups excluding carboxylic acids is 4. The number of rotatable bonds is 6. The minimum atomic E-state index is -2.71. The van der Waals surface area contributed by atoms with E-state index < -0.39 is 64.0 Å². The molecule has 7 N–H and O–H groups in total. The highest BCUT2D eigenvalue weighted by molar-refractivity contribution is 6.24. The van der Waals surface area contributed by atoms with E-state index in [1.54, 1.807) is 32.3 Å². The Labute approximate surface area is 241 Å². The quantitative estimate of drug-likeness (QED) is 0.269. The molecule has 1 heterocycles. The van der Waals surface area contributed by atoms with Crippen molar-refractivity contribution in [3.05, 3.63) is 81.1 Å². The normalized spacial score (nSPS) is 25.2. The molecule has 3 aliphatic rings. The molecule has 0 bridgehead atoms. The average Bonchev–Trinajstić information content (AvgIpc) is 2.94.